The van der Waals surface area contributed by atoms with E-state index in [0.717, 1.165) is 11.1 Å². The summed E-state index contributed by atoms with van der Waals surface area (Å²) in [4.78, 5) is 4.07. The molecule has 1 aromatic heterocycles. The lowest BCUT2D eigenvalue weighted by Crippen LogP contribution is -2.20. The fourth-order valence-electron chi connectivity index (χ4n) is 3.02. The number of aromatic nitrogens is 3. The minimum atomic E-state index is -0.631. The predicted octanol–water partition coefficient (Wildman–Crippen LogP) is 4.91. The van der Waals surface area contributed by atoms with Gasteiger partial charge in [-0.2, -0.15) is 0 Å². The van der Waals surface area contributed by atoms with Gasteiger partial charge < -0.3 is 4.74 Å². The number of hydrogen-bond donors (Lipinski definition) is 1. The third-order valence-corrected chi connectivity index (χ3v) is 5.22. The van der Waals surface area contributed by atoms with E-state index in [-0.39, 0.29) is 6.10 Å². The molecule has 2 atom stereocenters. The smallest absolute Gasteiger partial charge is 0.215 e. The van der Waals surface area contributed by atoms with Gasteiger partial charge in [0.2, 0.25) is 4.77 Å². The van der Waals surface area contributed by atoms with E-state index in [1.807, 2.05) is 48.5 Å². The summed E-state index contributed by atoms with van der Waals surface area (Å²) in [5, 5.41) is 4.34. The Morgan fingerprint density at radius 1 is 1.12 bits per heavy atom. The largest absolute Gasteiger partial charge is 0.354 e. The molecule has 3 aromatic rings. The van der Waals surface area contributed by atoms with Crippen molar-refractivity contribution >= 4 is 35.4 Å². The summed E-state index contributed by atoms with van der Waals surface area (Å²) in [7, 11) is 0. The summed E-state index contributed by atoms with van der Waals surface area (Å²) in [6.07, 6.45) is 1.37. The van der Waals surface area contributed by atoms with Crippen molar-refractivity contribution in [3.05, 3.63) is 80.8 Å². The van der Waals surface area contributed by atoms with Gasteiger partial charge in [-0.1, -0.05) is 59.6 Å². The Morgan fingerprint density at radius 2 is 1.83 bits per heavy atom. The number of nitrogens with zero attached hydrogens (tertiary/aromatic N) is 2. The van der Waals surface area contributed by atoms with Gasteiger partial charge in [-0.25, -0.2) is 4.98 Å². The maximum absolute atomic E-state index is 6.45. The molecule has 0 saturated carbocycles. The van der Waals surface area contributed by atoms with Crippen molar-refractivity contribution in [2.24, 2.45) is 0 Å². The van der Waals surface area contributed by atoms with Crippen molar-refractivity contribution in [2.45, 2.75) is 18.2 Å². The summed E-state index contributed by atoms with van der Waals surface area (Å²) in [5.74, 6) is 0. The van der Waals surface area contributed by atoms with Crippen molar-refractivity contribution in [2.75, 3.05) is 0 Å². The van der Waals surface area contributed by atoms with Gasteiger partial charge in [-0.05, 0) is 24.4 Å². The number of epoxide rings is 1. The molecule has 1 fully saturated rings. The van der Waals surface area contributed by atoms with E-state index in [4.69, 9.17) is 40.2 Å². The van der Waals surface area contributed by atoms with Crippen LogP contribution in [0, 0.1) is 4.77 Å². The summed E-state index contributed by atoms with van der Waals surface area (Å²) < 4.78 is 8.42. The molecule has 2 aromatic carbocycles. The molecule has 7 heteroatoms. The number of rotatable bonds is 4. The number of aromatic amines is 1. The molecular weight excluding hydrogens is 365 g/mol. The molecule has 4 nitrogen and oxygen atoms in total. The molecular formula is C17H13Cl2N3OS. The van der Waals surface area contributed by atoms with Crippen molar-refractivity contribution in [3.8, 4) is 0 Å². The van der Waals surface area contributed by atoms with E-state index >= 15 is 0 Å². The highest BCUT2D eigenvalue weighted by molar-refractivity contribution is 7.71. The Kier molecular flexibility index (Phi) is 3.96. The number of ether oxygens (including phenoxy) is 1. The maximum Gasteiger partial charge on any atom is 0.215 e. The fourth-order valence-corrected chi connectivity index (χ4v) is 3.72. The van der Waals surface area contributed by atoms with Gasteiger partial charge in [0.25, 0.3) is 0 Å². The molecule has 0 unspecified atom stereocenters. The third kappa shape index (κ3) is 2.58. The van der Waals surface area contributed by atoms with Crippen molar-refractivity contribution in [1.29, 1.82) is 0 Å². The Morgan fingerprint density at radius 3 is 2.50 bits per heavy atom. The molecule has 0 bridgehead atoms. The van der Waals surface area contributed by atoms with Crippen LogP contribution in [0.5, 0.6) is 0 Å². The highest BCUT2D eigenvalue weighted by Crippen LogP contribution is 2.60. The van der Waals surface area contributed by atoms with Crippen molar-refractivity contribution in [3.63, 3.8) is 0 Å². The first-order valence-electron chi connectivity index (χ1n) is 7.39. The van der Waals surface area contributed by atoms with Gasteiger partial charge in [-0.3, -0.25) is 9.78 Å². The number of hydrogen-bond acceptors (Lipinski definition) is 3. The lowest BCUT2D eigenvalue weighted by molar-refractivity contribution is 0.262. The summed E-state index contributed by atoms with van der Waals surface area (Å²) in [6, 6.07) is 15.3. The molecule has 24 heavy (non-hydrogen) atoms. The van der Waals surface area contributed by atoms with Gasteiger partial charge in [0.05, 0.1) is 6.54 Å². The number of halogens is 2. The summed E-state index contributed by atoms with van der Waals surface area (Å²) in [5.41, 5.74) is 1.21. The Balaban J connectivity index is 1.81. The topological polar surface area (TPSA) is 46.1 Å². The second kappa shape index (κ2) is 6.01. The Labute approximate surface area is 154 Å². The first-order chi connectivity index (χ1) is 11.6. The standard InChI is InChI=1S/C17H13Cl2N3OS/c18-13-7-3-1-5-11(13)15-17(23-15,9-22-16(24)20-10-21-22)12-6-2-4-8-14(12)19/h1-8,10,15H,9H2,(H,20,21,24)/t15-,17-/m1/s1. The molecule has 0 aliphatic carbocycles. The lowest BCUT2D eigenvalue weighted by Gasteiger charge is -2.16. The molecule has 1 N–H and O–H groups in total. The number of benzene rings is 2. The molecule has 1 saturated heterocycles. The van der Waals surface area contributed by atoms with E-state index < -0.39 is 5.60 Å². The van der Waals surface area contributed by atoms with Crippen LogP contribution < -0.4 is 0 Å². The molecule has 0 amide bonds. The third-order valence-electron chi connectivity index (χ3n) is 4.22. The minimum absolute atomic E-state index is 0.198. The van der Waals surface area contributed by atoms with E-state index in [2.05, 4.69) is 10.1 Å². The van der Waals surface area contributed by atoms with Gasteiger partial charge in [0.15, 0.2) is 0 Å². The molecule has 0 radical (unpaired) electrons. The fraction of sp³-hybridized carbons (Fsp3) is 0.176. The monoisotopic (exact) mass is 377 g/mol. The molecule has 2 heterocycles. The molecule has 0 spiro atoms. The van der Waals surface area contributed by atoms with Crippen LogP contribution in [0.4, 0.5) is 0 Å². The van der Waals surface area contributed by atoms with Crippen LogP contribution >= 0.6 is 35.4 Å². The average molecular weight is 378 g/mol. The van der Waals surface area contributed by atoms with Crippen LogP contribution in [-0.2, 0) is 16.9 Å². The van der Waals surface area contributed by atoms with Crippen LogP contribution in [0.25, 0.3) is 0 Å². The van der Waals surface area contributed by atoms with Crippen molar-refractivity contribution in [1.82, 2.24) is 14.8 Å². The van der Waals surface area contributed by atoms with E-state index in [9.17, 15) is 0 Å². The minimum Gasteiger partial charge on any atom is -0.354 e. The zero-order valence-electron chi connectivity index (χ0n) is 12.4. The van der Waals surface area contributed by atoms with Crippen molar-refractivity contribution < 1.29 is 4.74 Å². The summed E-state index contributed by atoms with van der Waals surface area (Å²) in [6.45, 7) is 0.478. The summed E-state index contributed by atoms with van der Waals surface area (Å²) >= 11 is 18.1. The predicted molar refractivity (Wildman–Crippen MR) is 95.8 cm³/mol. The highest BCUT2D eigenvalue weighted by atomic mass is 35.5. The molecule has 1 aliphatic rings. The van der Waals surface area contributed by atoms with Crippen LogP contribution in [0.3, 0.4) is 0 Å². The normalized spacial score (nSPS) is 22.5. The van der Waals surface area contributed by atoms with Gasteiger partial charge in [0, 0.05) is 21.2 Å². The van der Waals surface area contributed by atoms with Crippen LogP contribution in [0.2, 0.25) is 10.0 Å². The molecule has 4 rings (SSSR count). The Hall–Kier alpha value is -1.66. The second-order valence-electron chi connectivity index (χ2n) is 5.64. The molecule has 122 valence electrons. The quantitative estimate of drug-likeness (QED) is 0.518. The zero-order chi connectivity index (χ0) is 16.7. The van der Waals surface area contributed by atoms with E-state index in [0.29, 0.717) is 21.4 Å². The first kappa shape index (κ1) is 15.8. The van der Waals surface area contributed by atoms with Gasteiger partial charge in [0.1, 0.15) is 18.0 Å². The second-order valence-corrected chi connectivity index (χ2v) is 6.82. The highest BCUT2D eigenvalue weighted by Gasteiger charge is 2.60. The van der Waals surface area contributed by atoms with Crippen LogP contribution in [0.1, 0.15) is 17.2 Å². The average Bonchev–Trinajstić information content (AvgIpc) is 3.15. The first-order valence-corrected chi connectivity index (χ1v) is 8.56. The lowest BCUT2D eigenvalue weighted by atomic mass is 9.91. The molecule has 1 aliphatic heterocycles. The Bertz CT molecular complexity index is 955. The van der Waals surface area contributed by atoms with E-state index in [1.165, 1.54) is 0 Å². The van der Waals surface area contributed by atoms with Crippen LogP contribution in [0.15, 0.2) is 54.9 Å². The SMILES string of the molecule is S=c1nc[nH]n1C[C@]1(c2ccccc2Cl)O[C@@H]1c1ccccc1Cl. The van der Waals surface area contributed by atoms with Crippen LogP contribution in [-0.4, -0.2) is 14.8 Å². The van der Waals surface area contributed by atoms with Gasteiger partial charge >= 0.3 is 0 Å². The van der Waals surface area contributed by atoms with E-state index in [1.54, 1.807) is 11.0 Å². The number of nitrogens with one attached hydrogen (secondary N) is 1. The maximum atomic E-state index is 6.45. The number of H-pyrrole nitrogens is 1. The van der Waals surface area contributed by atoms with Gasteiger partial charge in [-0.15, -0.1) is 0 Å². The zero-order valence-corrected chi connectivity index (χ0v) is 14.8.